The molecule has 0 bridgehead atoms. The number of rotatable bonds is 9. The normalized spacial score (nSPS) is 12.6. The number of carboxylic acids is 1. The van der Waals surface area contributed by atoms with E-state index in [1.165, 1.54) is 23.9 Å². The van der Waals surface area contributed by atoms with Crippen molar-refractivity contribution in [2.24, 2.45) is 0 Å². The summed E-state index contributed by atoms with van der Waals surface area (Å²) < 4.78 is 47.0. The molecule has 2 N–H and O–H groups in total. The van der Waals surface area contributed by atoms with Crippen molar-refractivity contribution in [2.45, 2.75) is 43.2 Å². The average molecular weight is 515 g/mol. The number of alkyl halides is 3. The first-order chi connectivity index (χ1) is 15.9. The lowest BCUT2D eigenvalue weighted by Crippen LogP contribution is -2.17. The van der Waals surface area contributed by atoms with Crippen LogP contribution in [0.25, 0.3) is 0 Å². The molecule has 0 amide bonds. The van der Waals surface area contributed by atoms with Crippen molar-refractivity contribution in [1.29, 1.82) is 0 Å². The highest BCUT2D eigenvalue weighted by Crippen LogP contribution is 2.46. The fraction of sp³-hybridized carbons (Fsp3) is 0.304. The third-order valence-electron chi connectivity index (χ3n) is 4.76. The Labute approximate surface area is 203 Å². The monoisotopic (exact) mass is 514 g/mol. The lowest BCUT2D eigenvalue weighted by atomic mass is 9.99. The number of halogens is 4. The van der Waals surface area contributed by atoms with Crippen LogP contribution < -0.4 is 9.47 Å². The van der Waals surface area contributed by atoms with Crippen molar-refractivity contribution >= 4 is 29.3 Å². The number of carboxylic acid groups (broad SMARTS) is 1. The van der Waals surface area contributed by atoms with Gasteiger partial charge >= 0.3 is 12.3 Å². The summed E-state index contributed by atoms with van der Waals surface area (Å²) >= 11 is 7.90. The Hall–Kier alpha value is -2.85. The number of carbonyl (C=O) groups is 1. The molecule has 1 atom stereocenters. The fourth-order valence-corrected chi connectivity index (χ4v) is 4.93. The van der Waals surface area contributed by atoms with Crippen LogP contribution in [-0.2, 0) is 4.79 Å². The lowest BCUT2D eigenvalue weighted by molar-refractivity contribution is -0.274. The van der Waals surface area contributed by atoms with E-state index < -0.39 is 24.2 Å². The molecule has 3 aromatic rings. The molecule has 2 aromatic carbocycles. The number of hydrogen-bond acceptors (Lipinski definition) is 5. The summed E-state index contributed by atoms with van der Waals surface area (Å²) in [6, 6.07) is 10.9. The number of benzene rings is 2. The van der Waals surface area contributed by atoms with Gasteiger partial charge in [-0.15, -0.1) is 24.9 Å². The summed E-state index contributed by atoms with van der Waals surface area (Å²) in [4.78, 5) is 11.6. The molecule has 3 rings (SSSR count). The molecule has 6 nitrogen and oxygen atoms in total. The summed E-state index contributed by atoms with van der Waals surface area (Å²) in [6.45, 7) is 5.28. The van der Waals surface area contributed by atoms with Crippen molar-refractivity contribution in [3.05, 3.63) is 70.0 Å². The van der Waals surface area contributed by atoms with Gasteiger partial charge < -0.3 is 14.6 Å². The smallest absolute Gasteiger partial charge is 0.482 e. The van der Waals surface area contributed by atoms with Gasteiger partial charge in [0.05, 0.1) is 10.9 Å². The highest BCUT2D eigenvalue weighted by Gasteiger charge is 2.31. The zero-order valence-corrected chi connectivity index (χ0v) is 20.0. The van der Waals surface area contributed by atoms with Gasteiger partial charge in [-0.1, -0.05) is 37.6 Å². The van der Waals surface area contributed by atoms with Gasteiger partial charge in [0.1, 0.15) is 16.7 Å². The van der Waals surface area contributed by atoms with E-state index in [1.54, 1.807) is 31.2 Å². The molecule has 1 aromatic heterocycles. The van der Waals surface area contributed by atoms with Crippen molar-refractivity contribution in [2.75, 3.05) is 6.61 Å². The highest BCUT2D eigenvalue weighted by atomic mass is 35.5. The van der Waals surface area contributed by atoms with E-state index in [4.69, 9.17) is 21.4 Å². The Bertz CT molecular complexity index is 1150. The Morgan fingerprint density at radius 3 is 2.44 bits per heavy atom. The summed E-state index contributed by atoms with van der Waals surface area (Å²) in [6.07, 6.45) is -4.78. The van der Waals surface area contributed by atoms with Gasteiger partial charge in [-0.05, 0) is 54.3 Å². The van der Waals surface area contributed by atoms with E-state index in [9.17, 15) is 18.0 Å². The molecule has 0 aliphatic rings. The summed E-state index contributed by atoms with van der Waals surface area (Å²) in [5, 5.41) is 15.9. The quantitative estimate of drug-likeness (QED) is 0.308. The highest BCUT2D eigenvalue weighted by molar-refractivity contribution is 7.99. The Morgan fingerprint density at radius 1 is 1.21 bits per heavy atom. The van der Waals surface area contributed by atoms with Crippen LogP contribution in [-0.4, -0.2) is 34.2 Å². The van der Waals surface area contributed by atoms with Gasteiger partial charge in [-0.2, -0.15) is 5.10 Å². The molecule has 0 fully saturated rings. The minimum Gasteiger partial charge on any atom is -0.482 e. The standard InChI is InChI=1S/C23H22ClF3N2O4S/c1-12(2)20-19(22(24)29-28-20)21(14-4-6-15(7-5-14)33-23(25,26)27)34-16-8-9-17(13(3)10-16)32-11-18(30)31/h4-10,12,21H,11H2,1-3H3,(H,28,29)(H,30,31). The largest absolute Gasteiger partial charge is 0.573 e. The predicted molar refractivity (Wildman–Crippen MR) is 123 cm³/mol. The number of aromatic nitrogens is 2. The first-order valence-corrected chi connectivity index (χ1v) is 11.4. The van der Waals surface area contributed by atoms with Crippen LogP contribution >= 0.6 is 23.4 Å². The van der Waals surface area contributed by atoms with Gasteiger partial charge in [0.2, 0.25) is 0 Å². The number of ether oxygens (including phenoxy) is 2. The molecule has 0 spiro atoms. The molecule has 1 heterocycles. The van der Waals surface area contributed by atoms with Gasteiger partial charge in [0, 0.05) is 10.5 Å². The fourth-order valence-electron chi connectivity index (χ4n) is 3.30. The summed E-state index contributed by atoms with van der Waals surface area (Å²) in [5.41, 5.74) is 2.92. The third-order valence-corrected chi connectivity index (χ3v) is 6.32. The maximum Gasteiger partial charge on any atom is 0.573 e. The molecule has 0 aliphatic carbocycles. The van der Waals surface area contributed by atoms with Crippen molar-refractivity contribution < 1.29 is 32.5 Å². The van der Waals surface area contributed by atoms with Gasteiger partial charge in [0.15, 0.2) is 6.61 Å². The molecule has 0 saturated heterocycles. The first kappa shape index (κ1) is 25.8. The molecule has 0 aliphatic heterocycles. The van der Waals surface area contributed by atoms with Gasteiger partial charge in [0.25, 0.3) is 0 Å². The molecule has 0 radical (unpaired) electrons. The van der Waals surface area contributed by atoms with E-state index >= 15 is 0 Å². The van der Waals surface area contributed by atoms with Crippen LogP contribution in [0.15, 0.2) is 47.4 Å². The average Bonchev–Trinajstić information content (AvgIpc) is 3.12. The van der Waals surface area contributed by atoms with E-state index in [0.717, 1.165) is 21.7 Å². The second-order valence-electron chi connectivity index (χ2n) is 7.72. The topological polar surface area (TPSA) is 84.4 Å². The van der Waals surface area contributed by atoms with E-state index in [0.29, 0.717) is 16.5 Å². The summed E-state index contributed by atoms with van der Waals surface area (Å²) in [7, 11) is 0. The molecule has 11 heteroatoms. The molecule has 0 saturated carbocycles. The van der Waals surface area contributed by atoms with Crippen molar-refractivity contribution in [3.63, 3.8) is 0 Å². The van der Waals surface area contributed by atoms with Gasteiger partial charge in [-0.3, -0.25) is 5.10 Å². The van der Waals surface area contributed by atoms with E-state index in [2.05, 4.69) is 14.9 Å². The Balaban J connectivity index is 1.98. The van der Waals surface area contributed by atoms with Crippen LogP contribution in [0, 0.1) is 6.92 Å². The number of aryl methyl sites for hydroxylation is 1. The van der Waals surface area contributed by atoms with E-state index in [1.807, 2.05) is 19.9 Å². The Kier molecular flexibility index (Phi) is 8.04. The van der Waals surface area contributed by atoms with Crippen LogP contribution in [0.1, 0.15) is 47.4 Å². The second kappa shape index (κ2) is 10.6. The zero-order chi connectivity index (χ0) is 25.0. The number of aromatic amines is 1. The van der Waals surface area contributed by atoms with Crippen LogP contribution in [0.2, 0.25) is 5.15 Å². The number of nitrogens with one attached hydrogen (secondary N) is 1. The molecular formula is C23H22ClF3N2O4S. The number of nitrogens with zero attached hydrogens (tertiary/aromatic N) is 1. The maximum atomic E-state index is 12.6. The van der Waals surface area contributed by atoms with Crippen LogP contribution in [0.3, 0.4) is 0 Å². The molecule has 182 valence electrons. The van der Waals surface area contributed by atoms with Crippen LogP contribution in [0.5, 0.6) is 11.5 Å². The minimum atomic E-state index is -4.78. The lowest BCUT2D eigenvalue weighted by Gasteiger charge is -2.20. The maximum absolute atomic E-state index is 12.6. The van der Waals surface area contributed by atoms with Crippen molar-refractivity contribution in [3.8, 4) is 11.5 Å². The number of hydrogen-bond donors (Lipinski definition) is 2. The SMILES string of the molecule is Cc1cc(SC(c2ccc(OC(F)(F)F)cc2)c2c(C(C)C)n[nH]c2Cl)ccc1OCC(=O)O. The second-order valence-corrected chi connectivity index (χ2v) is 9.27. The predicted octanol–water partition coefficient (Wildman–Crippen LogP) is 6.74. The summed E-state index contributed by atoms with van der Waals surface area (Å²) in [5.74, 6) is -0.908. The third kappa shape index (κ3) is 6.60. The van der Waals surface area contributed by atoms with Gasteiger partial charge in [-0.25, -0.2) is 4.79 Å². The first-order valence-electron chi connectivity index (χ1n) is 10.2. The minimum absolute atomic E-state index is 0.0446. The zero-order valence-electron chi connectivity index (χ0n) is 18.4. The van der Waals surface area contributed by atoms with Crippen molar-refractivity contribution in [1.82, 2.24) is 10.2 Å². The van der Waals surface area contributed by atoms with Crippen LogP contribution in [0.4, 0.5) is 13.2 Å². The van der Waals surface area contributed by atoms with E-state index in [-0.39, 0.29) is 11.7 Å². The number of thioether (sulfide) groups is 1. The molecule has 1 unspecified atom stereocenters. The number of aliphatic carboxylic acids is 1. The Morgan fingerprint density at radius 2 is 1.88 bits per heavy atom. The number of H-pyrrole nitrogens is 1. The molecule has 34 heavy (non-hydrogen) atoms. The molecular weight excluding hydrogens is 493 g/mol.